The molecule has 0 saturated carbocycles. The summed E-state index contributed by atoms with van der Waals surface area (Å²) < 4.78 is 47.9. The smallest absolute Gasteiger partial charge is 0.387 e. The van der Waals surface area contributed by atoms with Crippen molar-refractivity contribution >= 4 is 46.5 Å². The molecular formula is C36H35Cl2F2N3O6S. The lowest BCUT2D eigenvalue weighted by molar-refractivity contribution is -0.161. The van der Waals surface area contributed by atoms with Gasteiger partial charge in [0.2, 0.25) is 0 Å². The summed E-state index contributed by atoms with van der Waals surface area (Å²) in [5.41, 5.74) is 1.71. The number of nitrogens with one attached hydrogen (secondary N) is 1. The van der Waals surface area contributed by atoms with E-state index in [4.69, 9.17) is 37.4 Å². The molecule has 0 aliphatic carbocycles. The number of nitrogens with zero attached hydrogens (tertiary/aromatic N) is 2. The van der Waals surface area contributed by atoms with Gasteiger partial charge in [-0.1, -0.05) is 59.6 Å². The van der Waals surface area contributed by atoms with E-state index < -0.39 is 24.7 Å². The quantitative estimate of drug-likeness (QED) is 0.130. The number of carbonyl (C=O) groups is 2. The first-order chi connectivity index (χ1) is 24.2. The van der Waals surface area contributed by atoms with Crippen LogP contribution in [0.4, 0.5) is 8.78 Å². The van der Waals surface area contributed by atoms with E-state index in [1.165, 1.54) is 49.0 Å². The Bertz CT molecular complexity index is 1770. The predicted octanol–water partition coefficient (Wildman–Crippen LogP) is 7.67. The lowest BCUT2D eigenvalue weighted by Gasteiger charge is -2.44. The van der Waals surface area contributed by atoms with Crippen LogP contribution in [0.15, 0.2) is 73.1 Å². The molecule has 14 heteroatoms. The highest BCUT2D eigenvalue weighted by molar-refractivity contribution is 7.13. The zero-order valence-corrected chi connectivity index (χ0v) is 29.4. The van der Waals surface area contributed by atoms with E-state index in [0.29, 0.717) is 28.5 Å². The molecule has 9 nitrogen and oxygen atoms in total. The summed E-state index contributed by atoms with van der Waals surface area (Å²) in [5.74, 6) is -0.720. The highest BCUT2D eigenvalue weighted by Crippen LogP contribution is 2.37. The SMILES string of the molecule is COc1cc([C@H](Cc2c(Cl)cncc2Cl)OC(=O)c2ccc(CNC(C(=O)OC3CN4CCC3CC4)c3ccccc3)s2)ccc1OC(F)F. The van der Waals surface area contributed by atoms with Crippen LogP contribution in [0.3, 0.4) is 0 Å². The lowest BCUT2D eigenvalue weighted by Crippen LogP contribution is -2.52. The van der Waals surface area contributed by atoms with Gasteiger partial charge in [-0.15, -0.1) is 11.3 Å². The molecule has 2 aromatic heterocycles. The van der Waals surface area contributed by atoms with Crippen LogP contribution in [0.5, 0.6) is 11.5 Å². The number of piperidine rings is 3. The molecule has 264 valence electrons. The second kappa shape index (κ2) is 16.5. The van der Waals surface area contributed by atoms with E-state index in [2.05, 4.69) is 19.9 Å². The van der Waals surface area contributed by atoms with Gasteiger partial charge in [0.15, 0.2) is 11.5 Å². The number of rotatable bonds is 14. The Kier molecular flexibility index (Phi) is 11.9. The predicted molar refractivity (Wildman–Crippen MR) is 185 cm³/mol. The van der Waals surface area contributed by atoms with Gasteiger partial charge < -0.3 is 18.9 Å². The fourth-order valence-electron chi connectivity index (χ4n) is 6.34. The largest absolute Gasteiger partial charge is 0.493 e. The number of alkyl halides is 2. The van der Waals surface area contributed by atoms with E-state index in [-0.39, 0.29) is 40.0 Å². The van der Waals surface area contributed by atoms with Crippen molar-refractivity contribution in [2.75, 3.05) is 26.7 Å². The Balaban J connectivity index is 1.17. The molecule has 3 aliphatic rings. The fraction of sp³-hybridized carbons (Fsp3) is 0.361. The van der Waals surface area contributed by atoms with E-state index in [1.807, 2.05) is 30.3 Å². The molecule has 7 rings (SSSR count). The maximum absolute atomic E-state index is 13.6. The molecular weight excluding hydrogens is 711 g/mol. The second-order valence-electron chi connectivity index (χ2n) is 12.1. The molecule has 0 amide bonds. The van der Waals surface area contributed by atoms with Gasteiger partial charge in [0.25, 0.3) is 0 Å². The summed E-state index contributed by atoms with van der Waals surface area (Å²) in [6.07, 6.45) is 3.91. The van der Waals surface area contributed by atoms with Crippen LogP contribution in [-0.4, -0.2) is 61.3 Å². The van der Waals surface area contributed by atoms with E-state index in [1.54, 1.807) is 12.1 Å². The molecule has 2 unspecified atom stereocenters. The van der Waals surface area contributed by atoms with Gasteiger partial charge in [0.1, 0.15) is 23.1 Å². The summed E-state index contributed by atoms with van der Waals surface area (Å²) >= 11 is 14.0. The molecule has 0 spiro atoms. The van der Waals surface area contributed by atoms with Gasteiger partial charge in [-0.25, -0.2) is 9.59 Å². The first-order valence-electron chi connectivity index (χ1n) is 16.1. The number of benzene rings is 2. The van der Waals surface area contributed by atoms with Gasteiger partial charge in [-0.05, 0) is 72.8 Å². The molecule has 3 aliphatic heterocycles. The highest BCUT2D eigenvalue weighted by Gasteiger charge is 2.38. The number of aromatic nitrogens is 1. The molecule has 3 atom stereocenters. The van der Waals surface area contributed by atoms with Gasteiger partial charge in [-0.2, -0.15) is 8.78 Å². The molecule has 50 heavy (non-hydrogen) atoms. The van der Waals surface area contributed by atoms with Crippen LogP contribution in [0.25, 0.3) is 0 Å². The number of methoxy groups -OCH3 is 1. The molecule has 4 aromatic rings. The average Bonchev–Trinajstić information content (AvgIpc) is 3.60. The topological polar surface area (TPSA) is 99.2 Å². The van der Waals surface area contributed by atoms with Gasteiger partial charge >= 0.3 is 18.6 Å². The van der Waals surface area contributed by atoms with Gasteiger partial charge in [-0.3, -0.25) is 15.2 Å². The minimum atomic E-state index is -3.06. The molecule has 0 radical (unpaired) electrons. The lowest BCUT2D eigenvalue weighted by atomic mass is 9.86. The van der Waals surface area contributed by atoms with E-state index in [9.17, 15) is 18.4 Å². The summed E-state index contributed by atoms with van der Waals surface area (Å²) in [4.78, 5) is 34.6. The minimum absolute atomic E-state index is 0.0280. The third-order valence-electron chi connectivity index (χ3n) is 8.94. The Morgan fingerprint density at radius 2 is 1.74 bits per heavy atom. The van der Waals surface area contributed by atoms with Crippen LogP contribution in [0.1, 0.15) is 56.2 Å². The van der Waals surface area contributed by atoms with Crippen molar-refractivity contribution in [3.8, 4) is 11.5 Å². The number of hydrogen-bond acceptors (Lipinski definition) is 10. The number of thiophene rings is 1. The van der Waals surface area contributed by atoms with Crippen molar-refractivity contribution in [1.82, 2.24) is 15.2 Å². The standard InChI is InChI=1S/C36H35Cl2F2N3O6S/c1-46-30-15-23(7-9-28(30)49-36(39)40)29(16-25-26(37)18-41-19-27(25)38)47-34(44)32-10-8-24(50-32)17-42-33(22-5-3-2-4-6-22)35(45)48-31-20-43-13-11-21(31)12-14-43/h2-10,15,18-19,21,29,31,33,36,42H,11-14,16-17,20H2,1H3/t29-,31?,33?/m0/s1. The molecule has 5 heterocycles. The Morgan fingerprint density at radius 1 is 1.00 bits per heavy atom. The van der Waals surface area contributed by atoms with Gasteiger partial charge in [0.05, 0.1) is 17.2 Å². The summed E-state index contributed by atoms with van der Waals surface area (Å²) in [7, 11) is 1.32. The van der Waals surface area contributed by atoms with Crippen molar-refractivity contribution in [3.05, 3.63) is 110 Å². The molecule has 3 saturated heterocycles. The number of ether oxygens (including phenoxy) is 4. The molecule has 3 fully saturated rings. The van der Waals surface area contributed by atoms with Crippen molar-refractivity contribution in [2.45, 2.75) is 50.7 Å². The van der Waals surface area contributed by atoms with Crippen LogP contribution >= 0.6 is 34.5 Å². The Hall–Kier alpha value is -3.81. The zero-order valence-electron chi connectivity index (χ0n) is 27.0. The van der Waals surface area contributed by atoms with Gasteiger partial charge in [0, 0.05) is 36.8 Å². The maximum atomic E-state index is 13.6. The van der Waals surface area contributed by atoms with Crippen LogP contribution in [0, 0.1) is 5.92 Å². The Morgan fingerprint density at radius 3 is 2.40 bits per heavy atom. The van der Waals surface area contributed by atoms with Crippen molar-refractivity contribution in [3.63, 3.8) is 0 Å². The normalized spacial score (nSPS) is 19.5. The molecule has 2 aromatic carbocycles. The van der Waals surface area contributed by atoms with Crippen molar-refractivity contribution in [1.29, 1.82) is 0 Å². The van der Waals surface area contributed by atoms with Crippen LogP contribution < -0.4 is 14.8 Å². The van der Waals surface area contributed by atoms with E-state index in [0.717, 1.165) is 42.9 Å². The highest BCUT2D eigenvalue weighted by atomic mass is 35.5. The Labute approximate surface area is 302 Å². The van der Waals surface area contributed by atoms with Crippen LogP contribution in [0.2, 0.25) is 10.0 Å². The number of pyridine rings is 1. The summed E-state index contributed by atoms with van der Waals surface area (Å²) in [6.45, 7) is 0.0889. The zero-order chi connectivity index (χ0) is 35.2. The summed E-state index contributed by atoms with van der Waals surface area (Å²) in [6, 6.07) is 16.4. The monoisotopic (exact) mass is 745 g/mol. The first-order valence-corrected chi connectivity index (χ1v) is 17.7. The maximum Gasteiger partial charge on any atom is 0.387 e. The number of hydrogen-bond donors (Lipinski definition) is 1. The molecule has 2 bridgehead atoms. The fourth-order valence-corrected chi connectivity index (χ4v) is 7.70. The third kappa shape index (κ3) is 8.73. The number of esters is 2. The second-order valence-corrected chi connectivity index (χ2v) is 14.1. The number of halogens is 4. The number of carbonyl (C=O) groups excluding carboxylic acids is 2. The third-order valence-corrected chi connectivity index (χ3v) is 10.7. The van der Waals surface area contributed by atoms with Crippen molar-refractivity contribution in [2.24, 2.45) is 5.92 Å². The van der Waals surface area contributed by atoms with Crippen molar-refractivity contribution < 1.29 is 37.3 Å². The number of fused-ring (bicyclic) bond motifs is 3. The van der Waals surface area contributed by atoms with Crippen LogP contribution in [-0.2, 0) is 27.2 Å². The molecule has 1 N–H and O–H groups in total. The summed E-state index contributed by atoms with van der Waals surface area (Å²) in [5, 5.41) is 3.88. The first kappa shape index (κ1) is 36.0. The van der Waals surface area contributed by atoms with E-state index >= 15 is 0 Å². The minimum Gasteiger partial charge on any atom is -0.493 e. The average molecular weight is 747 g/mol.